The maximum absolute atomic E-state index is 11.2. The number of fused-ring (bicyclic) bond motifs is 1. The highest BCUT2D eigenvalue weighted by Crippen LogP contribution is 2.35. The van der Waals surface area contributed by atoms with Gasteiger partial charge in [0.05, 0.1) is 11.3 Å². The van der Waals surface area contributed by atoms with E-state index in [2.05, 4.69) is 15.6 Å². The number of aromatic carboxylic acids is 1. The van der Waals surface area contributed by atoms with Gasteiger partial charge in [-0.1, -0.05) is 0 Å². The van der Waals surface area contributed by atoms with Crippen molar-refractivity contribution < 1.29 is 9.90 Å². The van der Waals surface area contributed by atoms with Gasteiger partial charge in [0.15, 0.2) is 0 Å². The largest absolute Gasteiger partial charge is 0.477 e. The minimum Gasteiger partial charge on any atom is -0.477 e. The van der Waals surface area contributed by atoms with E-state index in [-0.39, 0.29) is 4.88 Å². The number of carbonyl (C=O) groups is 1. The summed E-state index contributed by atoms with van der Waals surface area (Å²) in [5.41, 5.74) is 3.08. The first-order chi connectivity index (χ1) is 11.6. The monoisotopic (exact) mass is 337 g/mol. The van der Waals surface area contributed by atoms with E-state index in [1.54, 1.807) is 6.92 Å². The van der Waals surface area contributed by atoms with Crippen molar-refractivity contribution in [3.05, 3.63) is 40.5 Å². The average molecular weight is 337 g/mol. The number of carboxylic acids is 1. The van der Waals surface area contributed by atoms with Crippen molar-refractivity contribution in [2.75, 3.05) is 0 Å². The Kier molecular flexibility index (Phi) is 3.39. The van der Waals surface area contributed by atoms with E-state index in [0.29, 0.717) is 16.3 Å². The predicted molar refractivity (Wildman–Crippen MR) is 92.2 cm³/mol. The second-order valence-electron chi connectivity index (χ2n) is 6.22. The van der Waals surface area contributed by atoms with Gasteiger partial charge in [-0.2, -0.15) is 5.26 Å². The highest BCUT2D eigenvalue weighted by molar-refractivity contribution is 7.17. The fourth-order valence-electron chi connectivity index (χ4n) is 2.97. The smallest absolute Gasteiger partial charge is 0.347 e. The molecule has 0 spiro atoms. The summed E-state index contributed by atoms with van der Waals surface area (Å²) in [5.74, 6) is -0.225. The number of nitriles is 1. The van der Waals surface area contributed by atoms with Crippen molar-refractivity contribution in [2.45, 2.75) is 26.3 Å². The van der Waals surface area contributed by atoms with E-state index < -0.39 is 5.97 Å². The molecule has 1 fully saturated rings. The summed E-state index contributed by atoms with van der Waals surface area (Å²) in [6.45, 7) is 2.66. The Hall–Kier alpha value is -2.65. The molecule has 2 aromatic heterocycles. The van der Waals surface area contributed by atoms with E-state index in [1.165, 1.54) is 24.2 Å². The van der Waals surface area contributed by atoms with Crippen LogP contribution in [0.25, 0.3) is 21.5 Å². The van der Waals surface area contributed by atoms with Gasteiger partial charge in [0, 0.05) is 29.2 Å². The van der Waals surface area contributed by atoms with Gasteiger partial charge in [0.2, 0.25) is 0 Å². The zero-order valence-corrected chi connectivity index (χ0v) is 13.9. The van der Waals surface area contributed by atoms with Gasteiger partial charge < -0.3 is 9.67 Å². The Labute approximate surface area is 142 Å². The molecule has 0 bridgehead atoms. The topological polar surface area (TPSA) is 78.9 Å². The maximum Gasteiger partial charge on any atom is 0.347 e. The van der Waals surface area contributed by atoms with Crippen LogP contribution in [0.4, 0.5) is 0 Å². The van der Waals surface area contributed by atoms with Crippen molar-refractivity contribution in [1.29, 1.82) is 5.26 Å². The average Bonchev–Trinajstić information content (AvgIpc) is 3.19. The lowest BCUT2D eigenvalue weighted by Gasteiger charge is -2.04. The van der Waals surface area contributed by atoms with Crippen molar-refractivity contribution in [2.24, 2.45) is 5.92 Å². The lowest BCUT2D eigenvalue weighted by atomic mass is 10.1. The maximum atomic E-state index is 11.2. The lowest BCUT2D eigenvalue weighted by Crippen LogP contribution is -1.97. The molecular weight excluding hydrogens is 322 g/mol. The second kappa shape index (κ2) is 5.46. The number of aromatic nitrogens is 2. The van der Waals surface area contributed by atoms with Gasteiger partial charge in [-0.05, 0) is 43.9 Å². The van der Waals surface area contributed by atoms with Gasteiger partial charge in [-0.25, -0.2) is 9.78 Å². The van der Waals surface area contributed by atoms with E-state index >= 15 is 0 Å². The number of thiazole rings is 1. The van der Waals surface area contributed by atoms with Crippen LogP contribution in [0.5, 0.6) is 0 Å². The van der Waals surface area contributed by atoms with Crippen LogP contribution in [0, 0.1) is 24.2 Å². The Balaban J connectivity index is 1.81. The molecule has 5 nitrogen and oxygen atoms in total. The molecule has 1 N–H and O–H groups in total. The number of rotatable bonds is 4. The van der Waals surface area contributed by atoms with Crippen LogP contribution in [0.2, 0.25) is 0 Å². The molecule has 0 aliphatic heterocycles. The fraction of sp³-hybridized carbons (Fsp3) is 0.278. The minimum absolute atomic E-state index is 0.261. The fourth-order valence-corrected chi connectivity index (χ4v) is 3.87. The van der Waals surface area contributed by atoms with Gasteiger partial charge in [-0.15, -0.1) is 11.3 Å². The van der Waals surface area contributed by atoms with Gasteiger partial charge >= 0.3 is 5.97 Å². The molecule has 1 saturated carbocycles. The van der Waals surface area contributed by atoms with Crippen molar-refractivity contribution in [1.82, 2.24) is 9.55 Å². The number of hydrogen-bond acceptors (Lipinski definition) is 4. The molecule has 3 aromatic rings. The Morgan fingerprint density at radius 2 is 2.29 bits per heavy atom. The molecule has 4 rings (SSSR count). The third kappa shape index (κ3) is 2.47. The SMILES string of the molecule is Cc1nc(-c2ccc3c(c2)c(C#N)cn3CC2CC2)sc1C(=O)O. The zero-order chi connectivity index (χ0) is 16.8. The molecule has 1 aliphatic carbocycles. The molecule has 6 heteroatoms. The number of aryl methyl sites for hydroxylation is 1. The summed E-state index contributed by atoms with van der Waals surface area (Å²) >= 11 is 1.17. The van der Waals surface area contributed by atoms with Crippen LogP contribution in [0.15, 0.2) is 24.4 Å². The van der Waals surface area contributed by atoms with E-state index in [1.807, 2.05) is 24.4 Å². The summed E-state index contributed by atoms with van der Waals surface area (Å²) in [6, 6.07) is 8.17. The molecule has 24 heavy (non-hydrogen) atoms. The van der Waals surface area contributed by atoms with Crippen LogP contribution in [0.1, 0.15) is 33.8 Å². The molecule has 120 valence electrons. The summed E-state index contributed by atoms with van der Waals surface area (Å²) < 4.78 is 2.16. The Morgan fingerprint density at radius 3 is 2.92 bits per heavy atom. The standard InChI is InChI=1S/C18H15N3O2S/c1-10-16(18(22)23)24-17(20-10)12-4-5-15-14(6-12)13(7-19)9-21(15)8-11-2-3-11/h4-6,9,11H,2-3,8H2,1H3,(H,22,23). The molecular formula is C18H15N3O2S. The molecule has 0 unspecified atom stereocenters. The van der Waals surface area contributed by atoms with E-state index in [9.17, 15) is 15.2 Å². The van der Waals surface area contributed by atoms with Crippen molar-refractivity contribution in [3.63, 3.8) is 0 Å². The number of hydrogen-bond donors (Lipinski definition) is 1. The van der Waals surface area contributed by atoms with Crippen LogP contribution in [-0.2, 0) is 6.54 Å². The van der Waals surface area contributed by atoms with Crippen LogP contribution < -0.4 is 0 Å². The Bertz CT molecular complexity index is 1010. The normalized spacial score (nSPS) is 14.0. The summed E-state index contributed by atoms with van der Waals surface area (Å²) in [5, 5.41) is 20.2. The molecule has 2 heterocycles. The molecule has 0 amide bonds. The van der Waals surface area contributed by atoms with Gasteiger partial charge in [0.25, 0.3) is 0 Å². The molecule has 0 radical (unpaired) electrons. The quantitative estimate of drug-likeness (QED) is 0.779. The highest BCUT2D eigenvalue weighted by atomic mass is 32.1. The van der Waals surface area contributed by atoms with Crippen LogP contribution in [0.3, 0.4) is 0 Å². The summed E-state index contributed by atoms with van der Waals surface area (Å²) in [4.78, 5) is 15.9. The molecule has 1 aromatic carbocycles. The molecule has 1 aliphatic rings. The molecule has 0 saturated heterocycles. The first-order valence-corrected chi connectivity index (χ1v) is 8.62. The number of benzene rings is 1. The van der Waals surface area contributed by atoms with E-state index in [4.69, 9.17) is 0 Å². The van der Waals surface area contributed by atoms with Gasteiger partial charge in [-0.3, -0.25) is 0 Å². The first kappa shape index (κ1) is 14.9. The van der Waals surface area contributed by atoms with Crippen LogP contribution in [-0.4, -0.2) is 20.6 Å². The number of nitrogens with zero attached hydrogens (tertiary/aromatic N) is 3. The highest BCUT2D eigenvalue weighted by Gasteiger charge is 2.23. The third-order valence-electron chi connectivity index (χ3n) is 4.39. The summed E-state index contributed by atoms with van der Waals surface area (Å²) in [7, 11) is 0. The molecule has 0 atom stereocenters. The number of carboxylic acid groups (broad SMARTS) is 1. The van der Waals surface area contributed by atoms with Crippen molar-refractivity contribution >= 4 is 28.2 Å². The first-order valence-electron chi connectivity index (χ1n) is 7.81. The Morgan fingerprint density at radius 1 is 1.50 bits per heavy atom. The lowest BCUT2D eigenvalue weighted by molar-refractivity contribution is 0.0701. The third-order valence-corrected chi connectivity index (χ3v) is 5.59. The summed E-state index contributed by atoms with van der Waals surface area (Å²) in [6.07, 6.45) is 4.44. The van der Waals surface area contributed by atoms with Gasteiger partial charge in [0.1, 0.15) is 16.0 Å². The predicted octanol–water partition coefficient (Wildman–Crippen LogP) is 4.05. The van der Waals surface area contributed by atoms with Crippen molar-refractivity contribution in [3.8, 4) is 16.6 Å². The second-order valence-corrected chi connectivity index (χ2v) is 7.22. The minimum atomic E-state index is -0.953. The zero-order valence-electron chi connectivity index (χ0n) is 13.1. The van der Waals surface area contributed by atoms with E-state index in [0.717, 1.165) is 28.9 Å². The van der Waals surface area contributed by atoms with Crippen LogP contribution >= 0.6 is 11.3 Å².